The molecule has 1 heterocycles. The van der Waals surface area contributed by atoms with Crippen molar-refractivity contribution in [2.45, 2.75) is 24.6 Å². The van der Waals surface area contributed by atoms with Gasteiger partial charge in [0.15, 0.2) is 0 Å². The number of amides is 1. The fourth-order valence-electron chi connectivity index (χ4n) is 1.75. The van der Waals surface area contributed by atoms with Gasteiger partial charge in [-0.2, -0.15) is 0 Å². The van der Waals surface area contributed by atoms with Crippen molar-refractivity contribution in [2.75, 3.05) is 11.9 Å². The number of carbonyl (C=O) groups is 1. The van der Waals surface area contributed by atoms with Gasteiger partial charge in [0.2, 0.25) is 9.47 Å². The van der Waals surface area contributed by atoms with Crippen molar-refractivity contribution in [3.05, 3.63) is 33.8 Å². The predicted molar refractivity (Wildman–Crippen MR) is 99.0 cm³/mol. The van der Waals surface area contributed by atoms with E-state index < -0.39 is 15.9 Å². The number of anilines is 1. The normalized spacial score (nSPS) is 11.7. The van der Waals surface area contributed by atoms with Crippen molar-refractivity contribution in [1.82, 2.24) is 14.9 Å². The maximum atomic E-state index is 12.2. The summed E-state index contributed by atoms with van der Waals surface area (Å²) in [5, 5.41) is 10.4. The van der Waals surface area contributed by atoms with Crippen LogP contribution in [0.5, 0.6) is 0 Å². The number of rotatable bonds is 7. The molecular formula is C14H16Cl2N4O3S2. The molecule has 0 radical (unpaired) electrons. The smallest absolute Gasteiger partial charge is 0.269 e. The maximum absolute atomic E-state index is 12.2. The number of hydrogen-bond donors (Lipinski definition) is 2. The van der Waals surface area contributed by atoms with Crippen LogP contribution in [0.15, 0.2) is 22.5 Å². The zero-order valence-corrected chi connectivity index (χ0v) is 16.6. The average Bonchev–Trinajstić information content (AvgIpc) is 2.95. The summed E-state index contributed by atoms with van der Waals surface area (Å²) in [5.74, 6) is -0.161. The van der Waals surface area contributed by atoms with Crippen LogP contribution in [0.1, 0.15) is 30.6 Å². The molecule has 1 aromatic carbocycles. The van der Waals surface area contributed by atoms with Gasteiger partial charge in [-0.3, -0.25) is 10.1 Å². The summed E-state index contributed by atoms with van der Waals surface area (Å²) in [6.07, 6.45) is 0.705. The Morgan fingerprint density at radius 2 is 2.00 bits per heavy atom. The van der Waals surface area contributed by atoms with Crippen LogP contribution < -0.4 is 10.0 Å². The lowest BCUT2D eigenvalue weighted by atomic mass is 10.1. The minimum Gasteiger partial charge on any atom is -0.296 e. The van der Waals surface area contributed by atoms with Crippen LogP contribution in [0, 0.1) is 5.92 Å². The number of aromatic nitrogens is 2. The summed E-state index contributed by atoms with van der Waals surface area (Å²) in [6.45, 7) is 4.30. The Morgan fingerprint density at radius 1 is 1.28 bits per heavy atom. The van der Waals surface area contributed by atoms with Crippen molar-refractivity contribution in [2.24, 2.45) is 5.92 Å². The summed E-state index contributed by atoms with van der Waals surface area (Å²) in [6, 6.07) is 4.43. The lowest BCUT2D eigenvalue weighted by Gasteiger charge is -2.05. The Hall–Kier alpha value is -1.26. The van der Waals surface area contributed by atoms with E-state index in [9.17, 15) is 13.2 Å². The van der Waals surface area contributed by atoms with Gasteiger partial charge in [0.05, 0.1) is 10.6 Å². The van der Waals surface area contributed by atoms with E-state index in [1.54, 1.807) is 0 Å². The second-order valence-corrected chi connectivity index (χ2v) is 9.29. The van der Waals surface area contributed by atoms with Crippen molar-refractivity contribution < 1.29 is 13.2 Å². The third kappa shape index (κ3) is 5.61. The van der Waals surface area contributed by atoms with Crippen molar-refractivity contribution in [1.29, 1.82) is 0 Å². The Morgan fingerprint density at radius 3 is 2.64 bits per heavy atom. The highest BCUT2D eigenvalue weighted by molar-refractivity contribution is 7.91. The van der Waals surface area contributed by atoms with Gasteiger partial charge in [-0.05, 0) is 30.5 Å². The van der Waals surface area contributed by atoms with Crippen LogP contribution in [0.2, 0.25) is 10.0 Å². The van der Waals surface area contributed by atoms with Gasteiger partial charge >= 0.3 is 0 Å². The fraction of sp³-hybridized carbons (Fsp3) is 0.357. The first kappa shape index (κ1) is 20.1. The van der Waals surface area contributed by atoms with Crippen molar-refractivity contribution in [3.8, 4) is 0 Å². The fourth-order valence-corrected chi connectivity index (χ4v) is 4.23. The molecule has 1 aromatic heterocycles. The highest BCUT2D eigenvalue weighted by Gasteiger charge is 2.21. The number of sulfonamides is 1. The van der Waals surface area contributed by atoms with Crippen LogP contribution in [-0.4, -0.2) is 31.1 Å². The standard InChI is InChI=1S/C14H16Cl2N4O3S2/c1-8(2)5-6-17-25(22,23)14-20-19-13(24-14)18-12(21)10-4-3-9(15)7-11(10)16/h3-4,7-8,17H,5-6H2,1-2H3,(H,18,19,21). The number of hydrogen-bond acceptors (Lipinski definition) is 6. The number of nitrogens with one attached hydrogen (secondary N) is 2. The number of carbonyl (C=O) groups excluding carboxylic acids is 1. The largest absolute Gasteiger partial charge is 0.296 e. The minimum atomic E-state index is -3.75. The predicted octanol–water partition coefficient (Wildman–Crippen LogP) is 3.42. The summed E-state index contributed by atoms with van der Waals surface area (Å²) in [4.78, 5) is 12.2. The van der Waals surface area contributed by atoms with Gasteiger partial charge in [0.25, 0.3) is 15.9 Å². The van der Waals surface area contributed by atoms with E-state index in [1.807, 2.05) is 13.8 Å². The minimum absolute atomic E-state index is 0.0558. The summed E-state index contributed by atoms with van der Waals surface area (Å²) in [5.41, 5.74) is 0.195. The molecule has 2 aromatic rings. The highest BCUT2D eigenvalue weighted by Crippen LogP contribution is 2.24. The second-order valence-electron chi connectivity index (χ2n) is 5.53. The topological polar surface area (TPSA) is 101 Å². The van der Waals surface area contributed by atoms with Gasteiger partial charge in [0.1, 0.15) is 0 Å². The van der Waals surface area contributed by atoms with E-state index in [0.717, 1.165) is 11.3 Å². The van der Waals surface area contributed by atoms with Gasteiger partial charge in [0, 0.05) is 11.6 Å². The second kappa shape index (κ2) is 8.41. The van der Waals surface area contributed by atoms with Crippen LogP contribution in [0.3, 0.4) is 0 Å². The Labute approximate surface area is 159 Å². The zero-order valence-electron chi connectivity index (χ0n) is 13.4. The van der Waals surface area contributed by atoms with Gasteiger partial charge in [-0.25, -0.2) is 13.1 Å². The van der Waals surface area contributed by atoms with E-state index in [2.05, 4.69) is 20.2 Å². The molecule has 0 atom stereocenters. The Kier molecular flexibility index (Phi) is 6.75. The Balaban J connectivity index is 2.07. The van der Waals surface area contributed by atoms with E-state index in [-0.39, 0.29) is 20.1 Å². The molecule has 0 fully saturated rings. The van der Waals surface area contributed by atoms with Crippen LogP contribution in [-0.2, 0) is 10.0 Å². The molecular weight excluding hydrogens is 407 g/mol. The molecule has 0 spiro atoms. The first-order valence-electron chi connectivity index (χ1n) is 7.28. The first-order valence-corrected chi connectivity index (χ1v) is 10.3. The van der Waals surface area contributed by atoms with Crippen LogP contribution in [0.4, 0.5) is 5.13 Å². The molecule has 0 aliphatic heterocycles. The summed E-state index contributed by atoms with van der Waals surface area (Å²) < 4.78 is 26.5. The SMILES string of the molecule is CC(C)CCNS(=O)(=O)c1nnc(NC(=O)c2ccc(Cl)cc2Cl)s1. The number of benzene rings is 1. The van der Waals surface area contributed by atoms with Crippen molar-refractivity contribution >= 4 is 55.6 Å². The van der Waals surface area contributed by atoms with E-state index >= 15 is 0 Å². The lowest BCUT2D eigenvalue weighted by molar-refractivity contribution is 0.102. The van der Waals surface area contributed by atoms with E-state index in [1.165, 1.54) is 18.2 Å². The molecule has 2 rings (SSSR count). The van der Waals surface area contributed by atoms with Gasteiger partial charge in [-0.15, -0.1) is 10.2 Å². The molecule has 25 heavy (non-hydrogen) atoms. The molecule has 0 unspecified atom stereocenters. The molecule has 2 N–H and O–H groups in total. The van der Waals surface area contributed by atoms with Crippen LogP contribution >= 0.6 is 34.5 Å². The summed E-state index contributed by atoms with van der Waals surface area (Å²) in [7, 11) is -3.75. The lowest BCUT2D eigenvalue weighted by Crippen LogP contribution is -2.25. The highest BCUT2D eigenvalue weighted by atomic mass is 35.5. The third-order valence-electron chi connectivity index (χ3n) is 3.05. The first-order chi connectivity index (χ1) is 11.7. The van der Waals surface area contributed by atoms with Crippen LogP contribution in [0.25, 0.3) is 0 Å². The maximum Gasteiger partial charge on any atom is 0.269 e. The zero-order chi connectivity index (χ0) is 18.6. The summed E-state index contributed by atoms with van der Waals surface area (Å²) >= 11 is 12.5. The van der Waals surface area contributed by atoms with E-state index in [4.69, 9.17) is 23.2 Å². The molecule has 0 aliphatic rings. The molecule has 11 heteroatoms. The number of nitrogens with zero attached hydrogens (tertiary/aromatic N) is 2. The molecule has 0 saturated heterocycles. The Bertz CT molecular complexity index is 869. The van der Waals surface area contributed by atoms with E-state index in [0.29, 0.717) is 23.9 Å². The van der Waals surface area contributed by atoms with Gasteiger partial charge < -0.3 is 0 Å². The third-order valence-corrected chi connectivity index (χ3v) is 6.26. The molecule has 7 nitrogen and oxygen atoms in total. The molecule has 0 saturated carbocycles. The molecule has 1 amide bonds. The monoisotopic (exact) mass is 422 g/mol. The average molecular weight is 423 g/mol. The van der Waals surface area contributed by atoms with Gasteiger partial charge in [-0.1, -0.05) is 48.4 Å². The number of halogens is 2. The van der Waals surface area contributed by atoms with Crippen molar-refractivity contribution in [3.63, 3.8) is 0 Å². The quantitative estimate of drug-likeness (QED) is 0.665. The molecule has 136 valence electrons. The molecule has 0 aliphatic carbocycles. The molecule has 0 bridgehead atoms.